The van der Waals surface area contributed by atoms with Gasteiger partial charge in [0.25, 0.3) is 0 Å². The van der Waals surface area contributed by atoms with Crippen LogP contribution in [-0.2, 0) is 9.59 Å². The number of nitrogens with two attached hydrogens (primary N) is 1. The molecule has 0 radical (unpaired) electrons. The maximum Gasteiger partial charge on any atom is 0.244 e. The van der Waals surface area contributed by atoms with Crippen molar-refractivity contribution in [2.24, 2.45) is 5.73 Å². The van der Waals surface area contributed by atoms with Crippen LogP contribution in [0, 0.1) is 0 Å². The second-order valence-corrected chi connectivity index (χ2v) is 4.21. The van der Waals surface area contributed by atoms with Gasteiger partial charge in [-0.15, -0.1) is 0 Å². The van der Waals surface area contributed by atoms with Crippen molar-refractivity contribution in [3.63, 3.8) is 0 Å². The van der Waals surface area contributed by atoms with E-state index in [0.717, 1.165) is 0 Å². The number of primary amides is 1. The molecule has 0 aliphatic heterocycles. The minimum atomic E-state index is -0.803. The summed E-state index contributed by atoms with van der Waals surface area (Å²) in [5.41, 5.74) is 5.90. The molecule has 86 valence electrons. The third-order valence-electron chi connectivity index (χ3n) is 2.08. The van der Waals surface area contributed by atoms with Crippen molar-refractivity contribution in [2.45, 2.75) is 18.2 Å². The standard InChI is InChI=1S/C11H14N2O2S/c1-7(16)11(15)13-9(10(12)14)8-5-3-2-4-6-8/h2-7,9,16H,1H3,(H2,12,14)(H,13,15). The molecule has 2 amide bonds. The van der Waals surface area contributed by atoms with E-state index in [2.05, 4.69) is 17.9 Å². The van der Waals surface area contributed by atoms with Gasteiger partial charge in [-0.2, -0.15) is 12.6 Å². The molecule has 4 nitrogen and oxygen atoms in total. The van der Waals surface area contributed by atoms with Crippen LogP contribution in [0.5, 0.6) is 0 Å². The van der Waals surface area contributed by atoms with Gasteiger partial charge in [0.15, 0.2) is 0 Å². The average molecular weight is 238 g/mol. The Hall–Kier alpha value is -1.49. The summed E-state index contributed by atoms with van der Waals surface area (Å²) in [6.07, 6.45) is 0. The Morgan fingerprint density at radius 2 is 1.88 bits per heavy atom. The zero-order valence-corrected chi connectivity index (χ0v) is 9.78. The lowest BCUT2D eigenvalue weighted by Crippen LogP contribution is -2.40. The number of carbonyl (C=O) groups excluding carboxylic acids is 2. The largest absolute Gasteiger partial charge is 0.368 e. The van der Waals surface area contributed by atoms with Gasteiger partial charge >= 0.3 is 0 Å². The zero-order valence-electron chi connectivity index (χ0n) is 8.88. The number of benzene rings is 1. The van der Waals surface area contributed by atoms with E-state index in [4.69, 9.17) is 5.73 Å². The number of nitrogens with one attached hydrogen (secondary N) is 1. The number of hydrogen-bond donors (Lipinski definition) is 3. The summed E-state index contributed by atoms with van der Waals surface area (Å²) in [5.74, 6) is -0.912. The van der Waals surface area contributed by atoms with Crippen molar-refractivity contribution < 1.29 is 9.59 Å². The van der Waals surface area contributed by atoms with E-state index in [1.165, 1.54) is 0 Å². The first-order valence-electron chi connectivity index (χ1n) is 4.85. The first kappa shape index (κ1) is 12.6. The molecule has 3 N–H and O–H groups in total. The van der Waals surface area contributed by atoms with Crippen LogP contribution in [0.3, 0.4) is 0 Å². The fourth-order valence-electron chi connectivity index (χ4n) is 1.23. The Morgan fingerprint density at radius 1 is 1.31 bits per heavy atom. The van der Waals surface area contributed by atoms with Crippen molar-refractivity contribution in [1.29, 1.82) is 0 Å². The molecule has 0 bridgehead atoms. The van der Waals surface area contributed by atoms with Gasteiger partial charge in [-0.1, -0.05) is 30.3 Å². The van der Waals surface area contributed by atoms with Gasteiger partial charge in [-0.05, 0) is 12.5 Å². The van der Waals surface area contributed by atoms with E-state index in [9.17, 15) is 9.59 Å². The van der Waals surface area contributed by atoms with Gasteiger partial charge in [0.1, 0.15) is 6.04 Å². The van der Waals surface area contributed by atoms with Crippen LogP contribution in [0.4, 0.5) is 0 Å². The Balaban J connectivity index is 2.85. The van der Waals surface area contributed by atoms with Gasteiger partial charge in [0.2, 0.25) is 11.8 Å². The average Bonchev–Trinajstić information content (AvgIpc) is 2.26. The lowest BCUT2D eigenvalue weighted by molar-refractivity contribution is -0.127. The van der Waals surface area contributed by atoms with Crippen LogP contribution in [0.2, 0.25) is 0 Å². The highest BCUT2D eigenvalue weighted by molar-refractivity contribution is 7.81. The molecule has 0 fully saturated rings. The first-order chi connectivity index (χ1) is 7.52. The fraction of sp³-hybridized carbons (Fsp3) is 0.273. The quantitative estimate of drug-likeness (QED) is 0.674. The van der Waals surface area contributed by atoms with Gasteiger partial charge in [-0.25, -0.2) is 0 Å². The molecule has 0 aromatic heterocycles. The van der Waals surface area contributed by atoms with Crippen molar-refractivity contribution in [1.82, 2.24) is 5.32 Å². The Bertz CT molecular complexity index is 379. The smallest absolute Gasteiger partial charge is 0.244 e. The SMILES string of the molecule is CC(S)C(=O)NC(C(N)=O)c1ccccc1. The molecule has 1 aromatic carbocycles. The lowest BCUT2D eigenvalue weighted by Gasteiger charge is -2.16. The number of hydrogen-bond acceptors (Lipinski definition) is 3. The summed E-state index contributed by atoms with van der Waals surface area (Å²) >= 11 is 3.98. The van der Waals surface area contributed by atoms with Gasteiger partial charge in [0.05, 0.1) is 5.25 Å². The van der Waals surface area contributed by atoms with Crippen LogP contribution < -0.4 is 11.1 Å². The number of amides is 2. The second-order valence-electron chi connectivity index (χ2n) is 3.43. The summed E-state index contributed by atoms with van der Waals surface area (Å²) in [6.45, 7) is 1.63. The van der Waals surface area contributed by atoms with Crippen LogP contribution in [0.1, 0.15) is 18.5 Å². The molecule has 1 rings (SSSR count). The molecule has 0 saturated heterocycles. The van der Waals surface area contributed by atoms with E-state index < -0.39 is 17.2 Å². The van der Waals surface area contributed by atoms with E-state index in [-0.39, 0.29) is 5.91 Å². The van der Waals surface area contributed by atoms with Crippen molar-refractivity contribution in [3.8, 4) is 0 Å². The monoisotopic (exact) mass is 238 g/mol. The third-order valence-corrected chi connectivity index (χ3v) is 2.32. The van der Waals surface area contributed by atoms with Crippen LogP contribution in [0.15, 0.2) is 30.3 Å². The summed E-state index contributed by atoms with van der Waals surface area (Å²) in [7, 11) is 0. The maximum absolute atomic E-state index is 11.4. The van der Waals surface area contributed by atoms with Crippen molar-refractivity contribution >= 4 is 24.4 Å². The van der Waals surface area contributed by atoms with Gasteiger partial charge < -0.3 is 11.1 Å². The molecule has 0 aliphatic rings. The molecule has 2 atom stereocenters. The molecule has 0 saturated carbocycles. The highest BCUT2D eigenvalue weighted by Crippen LogP contribution is 2.12. The highest BCUT2D eigenvalue weighted by atomic mass is 32.1. The van der Waals surface area contributed by atoms with E-state index in [1.54, 1.807) is 31.2 Å². The molecule has 1 aromatic rings. The minimum absolute atomic E-state index is 0.323. The summed E-state index contributed by atoms with van der Waals surface area (Å²) in [6, 6.07) is 8.05. The zero-order chi connectivity index (χ0) is 12.1. The van der Waals surface area contributed by atoms with Crippen molar-refractivity contribution in [2.75, 3.05) is 0 Å². The molecule has 0 heterocycles. The number of thiol groups is 1. The first-order valence-corrected chi connectivity index (χ1v) is 5.36. The molecule has 2 unspecified atom stereocenters. The minimum Gasteiger partial charge on any atom is -0.368 e. The molecular weight excluding hydrogens is 224 g/mol. The summed E-state index contributed by atoms with van der Waals surface area (Å²) < 4.78 is 0. The topological polar surface area (TPSA) is 72.2 Å². The Labute approximate surface area is 99.6 Å². The predicted octanol–water partition coefficient (Wildman–Crippen LogP) is 0.647. The van der Waals surface area contributed by atoms with E-state index in [0.29, 0.717) is 5.56 Å². The number of rotatable bonds is 4. The Morgan fingerprint density at radius 3 is 2.31 bits per heavy atom. The summed E-state index contributed by atoms with van der Waals surface area (Å²) in [4.78, 5) is 22.7. The summed E-state index contributed by atoms with van der Waals surface area (Å²) in [5, 5.41) is 2.06. The second kappa shape index (κ2) is 5.55. The van der Waals surface area contributed by atoms with Gasteiger partial charge in [0, 0.05) is 0 Å². The van der Waals surface area contributed by atoms with Crippen LogP contribution in [-0.4, -0.2) is 17.1 Å². The maximum atomic E-state index is 11.4. The third kappa shape index (κ3) is 3.27. The van der Waals surface area contributed by atoms with E-state index >= 15 is 0 Å². The normalized spacial score (nSPS) is 13.9. The van der Waals surface area contributed by atoms with Crippen LogP contribution >= 0.6 is 12.6 Å². The van der Waals surface area contributed by atoms with Gasteiger partial charge in [-0.3, -0.25) is 9.59 Å². The predicted molar refractivity (Wildman–Crippen MR) is 65.0 cm³/mol. The molecule has 0 spiro atoms. The number of carbonyl (C=O) groups is 2. The lowest BCUT2D eigenvalue weighted by atomic mass is 10.1. The molecule has 16 heavy (non-hydrogen) atoms. The fourth-order valence-corrected chi connectivity index (χ4v) is 1.30. The molecule has 0 aliphatic carbocycles. The highest BCUT2D eigenvalue weighted by Gasteiger charge is 2.21. The molecular formula is C11H14N2O2S. The van der Waals surface area contributed by atoms with Crippen molar-refractivity contribution in [3.05, 3.63) is 35.9 Å². The Kier molecular flexibility index (Phi) is 4.37. The van der Waals surface area contributed by atoms with Crippen LogP contribution in [0.25, 0.3) is 0 Å². The van der Waals surface area contributed by atoms with E-state index in [1.807, 2.05) is 6.07 Å². The molecule has 5 heteroatoms.